The van der Waals surface area contributed by atoms with E-state index in [2.05, 4.69) is 37.9 Å². The van der Waals surface area contributed by atoms with Crippen molar-refractivity contribution in [1.82, 2.24) is 10.2 Å². The minimum absolute atomic E-state index is 0.701. The van der Waals surface area contributed by atoms with Crippen LogP contribution in [0.2, 0.25) is 0 Å². The van der Waals surface area contributed by atoms with E-state index in [1.54, 1.807) is 0 Å². The van der Waals surface area contributed by atoms with Gasteiger partial charge >= 0.3 is 0 Å². The molecule has 1 fully saturated rings. The van der Waals surface area contributed by atoms with Gasteiger partial charge in [0.15, 0.2) is 0 Å². The third-order valence-corrected chi connectivity index (χ3v) is 3.53. The van der Waals surface area contributed by atoms with Crippen LogP contribution < -0.4 is 5.32 Å². The Hall–Kier alpha value is -0.0800. The van der Waals surface area contributed by atoms with Crippen molar-refractivity contribution in [3.63, 3.8) is 0 Å². The van der Waals surface area contributed by atoms with Gasteiger partial charge in [0.1, 0.15) is 0 Å². The van der Waals surface area contributed by atoms with Gasteiger partial charge in [0.2, 0.25) is 0 Å². The van der Waals surface area contributed by atoms with E-state index in [0.29, 0.717) is 6.04 Å². The average Bonchev–Trinajstić information content (AvgIpc) is 2.39. The maximum atomic E-state index is 3.55. The first-order valence-electron chi connectivity index (χ1n) is 6.57. The normalized spacial score (nSPS) is 26.6. The molecule has 0 aromatic carbocycles. The molecule has 2 atom stereocenters. The minimum atomic E-state index is 0.701. The molecule has 1 aliphatic rings. The van der Waals surface area contributed by atoms with Crippen LogP contribution in [-0.2, 0) is 0 Å². The molecule has 0 aromatic heterocycles. The highest BCUT2D eigenvalue weighted by molar-refractivity contribution is 4.75. The Kier molecular flexibility index (Phi) is 5.62. The van der Waals surface area contributed by atoms with Gasteiger partial charge in [-0.25, -0.2) is 0 Å². The molecule has 1 aliphatic heterocycles. The summed E-state index contributed by atoms with van der Waals surface area (Å²) in [5.74, 6) is 0.844. The topological polar surface area (TPSA) is 15.3 Å². The number of hydrogen-bond acceptors (Lipinski definition) is 2. The minimum Gasteiger partial charge on any atom is -0.313 e. The van der Waals surface area contributed by atoms with E-state index >= 15 is 0 Å². The highest BCUT2D eigenvalue weighted by Crippen LogP contribution is 2.13. The second kappa shape index (κ2) is 6.49. The molecule has 1 saturated heterocycles. The summed E-state index contributed by atoms with van der Waals surface area (Å²) < 4.78 is 0. The van der Waals surface area contributed by atoms with Crippen molar-refractivity contribution in [2.45, 2.75) is 59.0 Å². The molecular formula is C13H28N2. The Morgan fingerprint density at radius 1 is 1.20 bits per heavy atom. The van der Waals surface area contributed by atoms with Gasteiger partial charge in [0, 0.05) is 25.2 Å². The number of rotatable bonds is 4. The highest BCUT2D eigenvalue weighted by atomic mass is 15.2. The molecular weight excluding hydrogens is 184 g/mol. The summed E-state index contributed by atoms with van der Waals surface area (Å²) in [6.07, 6.45) is 4.01. The molecule has 1 heterocycles. The summed E-state index contributed by atoms with van der Waals surface area (Å²) in [5.41, 5.74) is 0. The van der Waals surface area contributed by atoms with Crippen molar-refractivity contribution in [2.75, 3.05) is 19.6 Å². The lowest BCUT2D eigenvalue weighted by Crippen LogP contribution is -2.36. The first-order chi connectivity index (χ1) is 7.09. The third-order valence-electron chi connectivity index (χ3n) is 3.53. The monoisotopic (exact) mass is 212 g/mol. The first-order valence-corrected chi connectivity index (χ1v) is 6.57. The molecule has 0 aromatic rings. The van der Waals surface area contributed by atoms with Crippen molar-refractivity contribution in [3.05, 3.63) is 0 Å². The molecule has 90 valence electrons. The molecule has 0 spiro atoms. The summed E-state index contributed by atoms with van der Waals surface area (Å²) in [7, 11) is 0. The fourth-order valence-electron chi connectivity index (χ4n) is 2.23. The van der Waals surface area contributed by atoms with Crippen molar-refractivity contribution >= 4 is 0 Å². The molecule has 2 nitrogen and oxygen atoms in total. The molecule has 0 amide bonds. The zero-order valence-corrected chi connectivity index (χ0v) is 10.9. The number of nitrogens with zero attached hydrogens (tertiary/aromatic N) is 1. The molecule has 1 N–H and O–H groups in total. The van der Waals surface area contributed by atoms with Crippen LogP contribution in [0.3, 0.4) is 0 Å². The summed E-state index contributed by atoms with van der Waals surface area (Å²) in [4.78, 5) is 2.65. The zero-order chi connectivity index (χ0) is 11.3. The van der Waals surface area contributed by atoms with Gasteiger partial charge in [-0.05, 0) is 45.6 Å². The molecule has 0 radical (unpaired) electrons. The molecule has 1 rings (SSSR count). The lowest BCUT2D eigenvalue weighted by Gasteiger charge is -2.27. The quantitative estimate of drug-likeness (QED) is 0.770. The molecule has 0 bridgehead atoms. The van der Waals surface area contributed by atoms with Gasteiger partial charge < -0.3 is 5.32 Å². The van der Waals surface area contributed by atoms with Crippen molar-refractivity contribution < 1.29 is 0 Å². The summed E-state index contributed by atoms with van der Waals surface area (Å²) in [6, 6.07) is 1.46. The zero-order valence-electron chi connectivity index (χ0n) is 10.9. The van der Waals surface area contributed by atoms with Crippen LogP contribution in [0.15, 0.2) is 0 Å². The highest BCUT2D eigenvalue weighted by Gasteiger charge is 2.17. The molecule has 0 aliphatic carbocycles. The molecule has 0 saturated carbocycles. The first kappa shape index (κ1) is 13.0. The van der Waals surface area contributed by atoms with Crippen molar-refractivity contribution in [3.8, 4) is 0 Å². The van der Waals surface area contributed by atoms with Gasteiger partial charge in [-0.1, -0.05) is 13.8 Å². The van der Waals surface area contributed by atoms with Crippen LogP contribution in [-0.4, -0.2) is 36.6 Å². The van der Waals surface area contributed by atoms with Crippen LogP contribution in [0, 0.1) is 5.92 Å². The van der Waals surface area contributed by atoms with Gasteiger partial charge in [0.05, 0.1) is 0 Å². The van der Waals surface area contributed by atoms with Gasteiger partial charge in [-0.3, -0.25) is 4.90 Å². The van der Waals surface area contributed by atoms with Crippen molar-refractivity contribution in [2.24, 2.45) is 5.92 Å². The summed E-state index contributed by atoms with van der Waals surface area (Å²) in [6.45, 7) is 13.0. The lowest BCUT2D eigenvalue weighted by atomic mass is 10.0. The largest absolute Gasteiger partial charge is 0.313 e. The second-order valence-electron chi connectivity index (χ2n) is 5.50. The van der Waals surface area contributed by atoms with Crippen LogP contribution in [0.25, 0.3) is 0 Å². The van der Waals surface area contributed by atoms with E-state index in [-0.39, 0.29) is 0 Å². The van der Waals surface area contributed by atoms with Gasteiger partial charge in [0.25, 0.3) is 0 Å². The van der Waals surface area contributed by atoms with Crippen LogP contribution in [0.1, 0.15) is 47.0 Å². The van der Waals surface area contributed by atoms with E-state index in [0.717, 1.165) is 18.5 Å². The lowest BCUT2D eigenvalue weighted by molar-refractivity contribution is 0.204. The maximum absolute atomic E-state index is 3.55. The Morgan fingerprint density at radius 2 is 1.93 bits per heavy atom. The van der Waals surface area contributed by atoms with E-state index in [1.165, 1.54) is 32.4 Å². The Labute approximate surface area is 95.4 Å². The second-order valence-corrected chi connectivity index (χ2v) is 5.50. The predicted octanol–water partition coefficient (Wildman–Crippen LogP) is 2.49. The molecule has 15 heavy (non-hydrogen) atoms. The Bertz CT molecular complexity index is 168. The standard InChI is InChI=1S/C13H28N2/c1-11(2)5-6-13(4)15-9-7-12(3)14-8-10-15/h11-14H,5-10H2,1-4H3. The van der Waals surface area contributed by atoms with Crippen LogP contribution in [0.4, 0.5) is 0 Å². The Balaban J connectivity index is 2.28. The predicted molar refractivity (Wildman–Crippen MR) is 67.2 cm³/mol. The molecule has 2 heteroatoms. The SMILES string of the molecule is CC(C)CCC(C)N1CCNC(C)CC1. The Morgan fingerprint density at radius 3 is 2.60 bits per heavy atom. The number of hydrogen-bond donors (Lipinski definition) is 1. The molecule has 2 unspecified atom stereocenters. The van der Waals surface area contributed by atoms with E-state index in [1.807, 2.05) is 0 Å². The van der Waals surface area contributed by atoms with E-state index < -0.39 is 0 Å². The van der Waals surface area contributed by atoms with Crippen LogP contribution >= 0.6 is 0 Å². The van der Waals surface area contributed by atoms with Crippen LogP contribution in [0.5, 0.6) is 0 Å². The van der Waals surface area contributed by atoms with Crippen molar-refractivity contribution in [1.29, 1.82) is 0 Å². The van der Waals surface area contributed by atoms with Gasteiger partial charge in [-0.15, -0.1) is 0 Å². The fraction of sp³-hybridized carbons (Fsp3) is 1.00. The third kappa shape index (κ3) is 4.98. The van der Waals surface area contributed by atoms with E-state index in [9.17, 15) is 0 Å². The smallest absolute Gasteiger partial charge is 0.0110 e. The average molecular weight is 212 g/mol. The summed E-state index contributed by atoms with van der Waals surface area (Å²) >= 11 is 0. The van der Waals surface area contributed by atoms with E-state index in [4.69, 9.17) is 0 Å². The van der Waals surface area contributed by atoms with Gasteiger partial charge in [-0.2, -0.15) is 0 Å². The number of nitrogens with one attached hydrogen (secondary N) is 1. The summed E-state index contributed by atoms with van der Waals surface area (Å²) in [5, 5.41) is 3.55. The maximum Gasteiger partial charge on any atom is 0.0110 e. The fourth-order valence-corrected chi connectivity index (χ4v) is 2.23.